The standard InChI is InChI=1S/C19H27N7/c1-12-4-3-5-14(8-12)23-18-16-17(22-11-21-16)25-19(26-18)24-15-9-13(2)6-7-20-10-15/h10-14H,3-9H2,1-2H3,(H2,21,22,23,25,26). The molecule has 2 aromatic heterocycles. The Morgan fingerprint density at radius 1 is 1.15 bits per heavy atom. The summed E-state index contributed by atoms with van der Waals surface area (Å²) in [5.41, 5.74) is 2.46. The highest BCUT2D eigenvalue weighted by molar-refractivity contribution is 6.31. The Labute approximate surface area is 153 Å². The topological polar surface area (TPSA) is 91.2 Å². The van der Waals surface area contributed by atoms with E-state index in [4.69, 9.17) is 4.98 Å². The van der Waals surface area contributed by atoms with E-state index in [-0.39, 0.29) is 0 Å². The van der Waals surface area contributed by atoms with Crippen LogP contribution < -0.4 is 5.32 Å². The van der Waals surface area contributed by atoms with Gasteiger partial charge in [-0.2, -0.15) is 9.97 Å². The molecule has 3 atom stereocenters. The SMILES string of the molecule is CC1CCN=CC(=Nc2nc(NC3CCCC(C)C3)c3[nH]cnc3n2)C1. The molecule has 1 saturated carbocycles. The zero-order chi connectivity index (χ0) is 17.9. The number of aromatic nitrogens is 4. The molecule has 0 radical (unpaired) electrons. The van der Waals surface area contributed by atoms with Gasteiger partial charge in [0.05, 0.1) is 12.0 Å². The molecule has 1 aliphatic carbocycles. The fraction of sp³-hybridized carbons (Fsp3) is 0.632. The van der Waals surface area contributed by atoms with Gasteiger partial charge in [-0.1, -0.05) is 26.7 Å². The van der Waals surface area contributed by atoms with Crippen LogP contribution in [0.25, 0.3) is 11.2 Å². The third kappa shape index (κ3) is 3.92. The molecule has 7 heteroatoms. The Bertz CT molecular complexity index is 822. The summed E-state index contributed by atoms with van der Waals surface area (Å²) in [7, 11) is 0. The number of anilines is 1. The van der Waals surface area contributed by atoms with Gasteiger partial charge in [0, 0.05) is 18.8 Å². The molecule has 0 saturated heterocycles. The maximum atomic E-state index is 4.70. The van der Waals surface area contributed by atoms with Crippen LogP contribution in [-0.2, 0) is 0 Å². The third-order valence-electron chi connectivity index (χ3n) is 5.34. The van der Waals surface area contributed by atoms with E-state index >= 15 is 0 Å². The van der Waals surface area contributed by atoms with E-state index in [0.717, 1.165) is 42.4 Å². The smallest absolute Gasteiger partial charge is 0.253 e. The summed E-state index contributed by atoms with van der Waals surface area (Å²) in [4.78, 5) is 25.8. The normalized spacial score (nSPS) is 28.4. The molecular formula is C19H27N7. The number of hydrogen-bond acceptors (Lipinski definition) is 6. The Morgan fingerprint density at radius 2 is 2.08 bits per heavy atom. The van der Waals surface area contributed by atoms with Crippen molar-refractivity contribution < 1.29 is 0 Å². The lowest BCUT2D eigenvalue weighted by Crippen LogP contribution is -2.26. The zero-order valence-corrected chi connectivity index (χ0v) is 15.6. The average Bonchev–Trinajstić information content (AvgIpc) is 2.98. The molecule has 1 aliphatic heterocycles. The average molecular weight is 353 g/mol. The Hall–Kier alpha value is -2.31. The summed E-state index contributed by atoms with van der Waals surface area (Å²) >= 11 is 0. The molecule has 0 aromatic carbocycles. The molecular weight excluding hydrogens is 326 g/mol. The number of aliphatic imine (C=N–C) groups is 2. The van der Waals surface area contributed by atoms with Crippen molar-refractivity contribution in [1.82, 2.24) is 19.9 Å². The lowest BCUT2D eigenvalue weighted by Gasteiger charge is -2.27. The lowest BCUT2D eigenvalue weighted by molar-refractivity contribution is 0.358. The maximum absolute atomic E-state index is 4.70. The molecule has 4 rings (SSSR count). The van der Waals surface area contributed by atoms with Gasteiger partial charge in [-0.25, -0.2) is 9.98 Å². The minimum absolute atomic E-state index is 0.445. The molecule has 2 N–H and O–H groups in total. The van der Waals surface area contributed by atoms with E-state index in [1.807, 2.05) is 6.21 Å². The predicted octanol–water partition coefficient (Wildman–Crippen LogP) is 3.92. The lowest BCUT2D eigenvalue weighted by atomic mass is 9.87. The van der Waals surface area contributed by atoms with Crippen LogP contribution in [0.15, 0.2) is 16.3 Å². The highest BCUT2D eigenvalue weighted by Crippen LogP contribution is 2.28. The molecule has 138 valence electrons. The van der Waals surface area contributed by atoms with Crippen LogP contribution in [0.4, 0.5) is 11.8 Å². The number of fused-ring (bicyclic) bond motifs is 1. The molecule has 0 spiro atoms. The van der Waals surface area contributed by atoms with Gasteiger partial charge < -0.3 is 10.3 Å². The summed E-state index contributed by atoms with van der Waals surface area (Å²) < 4.78 is 0. The molecule has 1 fully saturated rings. The van der Waals surface area contributed by atoms with Crippen molar-refractivity contribution in [2.24, 2.45) is 21.8 Å². The number of imidazole rings is 1. The second kappa shape index (κ2) is 7.51. The first-order valence-electron chi connectivity index (χ1n) is 9.72. The number of rotatable bonds is 3. The van der Waals surface area contributed by atoms with Crippen molar-refractivity contribution >= 4 is 34.9 Å². The first-order chi connectivity index (χ1) is 12.7. The summed E-state index contributed by atoms with van der Waals surface area (Å²) in [5, 5.41) is 3.61. The molecule has 3 unspecified atom stereocenters. The van der Waals surface area contributed by atoms with Crippen molar-refractivity contribution in [1.29, 1.82) is 0 Å². The van der Waals surface area contributed by atoms with Gasteiger partial charge in [-0.05, 0) is 37.5 Å². The number of H-pyrrole nitrogens is 1. The Morgan fingerprint density at radius 3 is 2.96 bits per heavy atom. The Kier molecular flexibility index (Phi) is 4.95. The highest BCUT2D eigenvalue weighted by atomic mass is 15.2. The quantitative estimate of drug-likeness (QED) is 0.875. The van der Waals surface area contributed by atoms with Crippen LogP contribution >= 0.6 is 0 Å². The van der Waals surface area contributed by atoms with Gasteiger partial charge >= 0.3 is 0 Å². The van der Waals surface area contributed by atoms with Crippen molar-refractivity contribution in [3.05, 3.63) is 6.33 Å². The molecule has 2 aliphatic rings. The van der Waals surface area contributed by atoms with E-state index in [2.05, 4.69) is 44.1 Å². The third-order valence-corrected chi connectivity index (χ3v) is 5.34. The molecule has 3 heterocycles. The zero-order valence-electron chi connectivity index (χ0n) is 15.6. The molecule has 0 amide bonds. The van der Waals surface area contributed by atoms with E-state index in [1.54, 1.807) is 6.33 Å². The monoisotopic (exact) mass is 353 g/mol. The van der Waals surface area contributed by atoms with E-state index in [9.17, 15) is 0 Å². The highest BCUT2D eigenvalue weighted by Gasteiger charge is 2.21. The van der Waals surface area contributed by atoms with Crippen molar-refractivity contribution in [2.75, 3.05) is 11.9 Å². The van der Waals surface area contributed by atoms with Crippen LogP contribution in [0.3, 0.4) is 0 Å². The van der Waals surface area contributed by atoms with Gasteiger partial charge in [0.2, 0.25) is 0 Å². The van der Waals surface area contributed by atoms with Crippen LogP contribution in [-0.4, -0.2) is 44.4 Å². The van der Waals surface area contributed by atoms with Crippen molar-refractivity contribution in [3.63, 3.8) is 0 Å². The molecule has 7 nitrogen and oxygen atoms in total. The van der Waals surface area contributed by atoms with Gasteiger partial charge in [0.25, 0.3) is 5.95 Å². The fourth-order valence-corrected chi connectivity index (χ4v) is 3.91. The first-order valence-corrected chi connectivity index (χ1v) is 9.72. The summed E-state index contributed by atoms with van der Waals surface area (Å²) in [6.45, 7) is 5.43. The molecule has 0 bridgehead atoms. The number of nitrogens with zero attached hydrogens (tertiary/aromatic N) is 5. The summed E-state index contributed by atoms with van der Waals surface area (Å²) in [5.74, 6) is 2.60. The first kappa shape index (κ1) is 17.1. The maximum Gasteiger partial charge on any atom is 0.253 e. The molecule has 26 heavy (non-hydrogen) atoms. The van der Waals surface area contributed by atoms with E-state index in [1.165, 1.54) is 25.7 Å². The fourth-order valence-electron chi connectivity index (χ4n) is 3.91. The van der Waals surface area contributed by atoms with E-state index < -0.39 is 0 Å². The number of nitrogens with one attached hydrogen (secondary N) is 2. The second-order valence-electron chi connectivity index (χ2n) is 7.82. The van der Waals surface area contributed by atoms with Gasteiger partial charge in [-0.15, -0.1) is 0 Å². The summed E-state index contributed by atoms with van der Waals surface area (Å²) in [6, 6.07) is 0.445. The van der Waals surface area contributed by atoms with Crippen molar-refractivity contribution in [2.45, 2.75) is 58.4 Å². The largest absolute Gasteiger partial charge is 0.365 e. The predicted molar refractivity (Wildman–Crippen MR) is 106 cm³/mol. The van der Waals surface area contributed by atoms with Gasteiger partial charge in [-0.3, -0.25) is 4.99 Å². The number of hydrogen-bond donors (Lipinski definition) is 2. The van der Waals surface area contributed by atoms with E-state index in [0.29, 0.717) is 23.6 Å². The van der Waals surface area contributed by atoms with Crippen LogP contribution in [0, 0.1) is 11.8 Å². The van der Waals surface area contributed by atoms with Crippen LogP contribution in [0.2, 0.25) is 0 Å². The minimum atomic E-state index is 0.445. The number of aromatic amines is 1. The second-order valence-corrected chi connectivity index (χ2v) is 7.82. The summed E-state index contributed by atoms with van der Waals surface area (Å²) in [6.07, 6.45) is 10.5. The van der Waals surface area contributed by atoms with Crippen molar-refractivity contribution in [3.8, 4) is 0 Å². The van der Waals surface area contributed by atoms with Crippen LogP contribution in [0.5, 0.6) is 0 Å². The minimum Gasteiger partial charge on any atom is -0.365 e. The van der Waals surface area contributed by atoms with Gasteiger partial charge in [0.15, 0.2) is 11.5 Å². The molecule has 2 aromatic rings. The van der Waals surface area contributed by atoms with Crippen LogP contribution in [0.1, 0.15) is 52.4 Å². The Balaban J connectivity index is 1.64. The van der Waals surface area contributed by atoms with Gasteiger partial charge in [0.1, 0.15) is 5.52 Å².